The summed E-state index contributed by atoms with van der Waals surface area (Å²) in [6.45, 7) is 4.29. The first kappa shape index (κ1) is 22.8. The Balaban J connectivity index is 1.61. The van der Waals surface area contributed by atoms with E-state index >= 15 is 0 Å². The van der Waals surface area contributed by atoms with Gasteiger partial charge in [-0.3, -0.25) is 4.79 Å². The number of rotatable bonds is 6. The van der Waals surface area contributed by atoms with Crippen LogP contribution in [0, 0.1) is 0 Å². The Morgan fingerprint density at radius 1 is 1.10 bits per heavy atom. The highest BCUT2D eigenvalue weighted by atomic mass is 35.5. The molecule has 1 saturated heterocycles. The van der Waals surface area contributed by atoms with Crippen LogP contribution in [0.15, 0.2) is 47.4 Å². The number of hydrogen-bond donors (Lipinski definition) is 2. The van der Waals surface area contributed by atoms with Crippen LogP contribution in [0.3, 0.4) is 0 Å². The molecule has 30 heavy (non-hydrogen) atoms. The number of hydrogen-bond acceptors (Lipinski definition) is 5. The van der Waals surface area contributed by atoms with Crippen molar-refractivity contribution in [1.82, 2.24) is 4.31 Å². The Morgan fingerprint density at radius 3 is 2.37 bits per heavy atom. The maximum absolute atomic E-state index is 12.9. The largest absolute Gasteiger partial charge is 0.375 e. The number of nitrogens with one attached hydrogen (secondary N) is 2. The van der Waals surface area contributed by atoms with Crippen LogP contribution >= 0.6 is 23.2 Å². The second kappa shape index (κ2) is 9.53. The minimum absolute atomic E-state index is 0.0241. The molecule has 0 saturated carbocycles. The summed E-state index contributed by atoms with van der Waals surface area (Å²) in [5, 5.41) is 6.36. The number of morpholine rings is 1. The monoisotopic (exact) mass is 471 g/mol. The van der Waals surface area contributed by atoms with E-state index in [0.717, 1.165) is 0 Å². The molecule has 1 amide bonds. The molecule has 0 radical (unpaired) electrons. The van der Waals surface area contributed by atoms with Crippen LogP contribution in [-0.2, 0) is 19.6 Å². The van der Waals surface area contributed by atoms with Gasteiger partial charge >= 0.3 is 0 Å². The minimum atomic E-state index is -3.63. The zero-order chi connectivity index (χ0) is 21.9. The second-order valence-corrected chi connectivity index (χ2v) is 9.83. The maximum atomic E-state index is 12.9. The van der Waals surface area contributed by atoms with Gasteiger partial charge in [0.25, 0.3) is 0 Å². The molecule has 0 aliphatic carbocycles. The van der Waals surface area contributed by atoms with E-state index in [1.807, 2.05) is 13.8 Å². The van der Waals surface area contributed by atoms with Crippen molar-refractivity contribution >= 4 is 50.5 Å². The maximum Gasteiger partial charge on any atom is 0.243 e. The normalized spacial score (nSPS) is 20.0. The lowest BCUT2D eigenvalue weighted by Crippen LogP contribution is -2.48. The van der Waals surface area contributed by atoms with Crippen LogP contribution in [0.4, 0.5) is 11.4 Å². The van der Waals surface area contributed by atoms with Crippen molar-refractivity contribution in [2.45, 2.75) is 31.0 Å². The fourth-order valence-corrected chi connectivity index (χ4v) is 5.17. The van der Waals surface area contributed by atoms with E-state index < -0.39 is 10.0 Å². The molecule has 2 N–H and O–H groups in total. The highest BCUT2D eigenvalue weighted by Crippen LogP contribution is 2.29. The Kier molecular flexibility index (Phi) is 7.26. The van der Waals surface area contributed by atoms with Gasteiger partial charge in [-0.15, -0.1) is 0 Å². The SMILES string of the molecule is C[C@H]1CN(S(=O)(=O)c2ccc(NC(=O)CNc3cccc(Cl)c3Cl)cc2)C[C@H](C)O1. The summed E-state index contributed by atoms with van der Waals surface area (Å²) in [5.74, 6) is -0.308. The van der Waals surface area contributed by atoms with Gasteiger partial charge in [-0.2, -0.15) is 4.31 Å². The van der Waals surface area contributed by atoms with E-state index in [9.17, 15) is 13.2 Å². The molecule has 3 rings (SSSR count). The molecule has 0 spiro atoms. The highest BCUT2D eigenvalue weighted by Gasteiger charge is 2.32. The summed E-state index contributed by atoms with van der Waals surface area (Å²) in [5.41, 5.74) is 1.04. The standard InChI is InChI=1S/C20H23Cl2N3O4S/c1-13-11-25(12-14(2)29-13)30(27,28)16-8-6-15(7-9-16)24-19(26)10-23-18-5-3-4-17(21)20(18)22/h3-9,13-14,23H,10-12H2,1-2H3,(H,24,26)/t13-,14-/m0/s1. The van der Waals surface area contributed by atoms with Crippen molar-refractivity contribution < 1.29 is 17.9 Å². The van der Waals surface area contributed by atoms with Gasteiger partial charge in [-0.1, -0.05) is 29.3 Å². The topological polar surface area (TPSA) is 87.7 Å². The summed E-state index contributed by atoms with van der Waals surface area (Å²) in [7, 11) is -3.63. The molecule has 2 aromatic rings. The van der Waals surface area contributed by atoms with Gasteiger partial charge in [0.15, 0.2) is 0 Å². The second-order valence-electron chi connectivity index (χ2n) is 7.11. The lowest BCUT2D eigenvalue weighted by molar-refractivity contribution is -0.114. The van der Waals surface area contributed by atoms with Crippen LogP contribution in [0.1, 0.15) is 13.8 Å². The predicted octanol–water partition coefficient (Wildman–Crippen LogP) is 3.84. The molecule has 162 valence electrons. The molecule has 0 aromatic heterocycles. The zero-order valence-electron chi connectivity index (χ0n) is 16.6. The number of sulfonamides is 1. The summed E-state index contributed by atoms with van der Waals surface area (Å²) in [6, 6.07) is 11.2. The molecule has 0 bridgehead atoms. The third kappa shape index (κ3) is 5.44. The molecule has 1 aliphatic heterocycles. The third-order valence-corrected chi connectivity index (χ3v) is 7.22. The molecule has 1 fully saturated rings. The average Bonchev–Trinajstić information content (AvgIpc) is 2.69. The van der Waals surface area contributed by atoms with Crippen LogP contribution < -0.4 is 10.6 Å². The van der Waals surface area contributed by atoms with E-state index in [1.165, 1.54) is 16.4 Å². The quantitative estimate of drug-likeness (QED) is 0.667. The van der Waals surface area contributed by atoms with Crippen molar-refractivity contribution in [3.63, 3.8) is 0 Å². The lowest BCUT2D eigenvalue weighted by Gasteiger charge is -2.34. The average molecular weight is 472 g/mol. The molecule has 0 unspecified atom stereocenters. The lowest BCUT2D eigenvalue weighted by atomic mass is 10.3. The molecule has 2 aromatic carbocycles. The van der Waals surface area contributed by atoms with Crippen molar-refractivity contribution in [1.29, 1.82) is 0 Å². The molecule has 2 atom stereocenters. The molecule has 1 aliphatic rings. The van der Waals surface area contributed by atoms with E-state index in [-0.39, 0.29) is 29.6 Å². The Labute approximate surface area is 186 Å². The smallest absolute Gasteiger partial charge is 0.243 e. The molecular weight excluding hydrogens is 449 g/mol. The van der Waals surface area contributed by atoms with Crippen LogP contribution in [0.2, 0.25) is 10.0 Å². The van der Waals surface area contributed by atoms with Crippen LogP contribution in [-0.4, -0.2) is 50.5 Å². The van der Waals surface area contributed by atoms with Crippen LogP contribution in [0.5, 0.6) is 0 Å². The number of carbonyl (C=O) groups excluding carboxylic acids is 1. The Hall–Kier alpha value is -1.84. The summed E-state index contributed by atoms with van der Waals surface area (Å²) < 4.78 is 32.8. The van der Waals surface area contributed by atoms with E-state index in [2.05, 4.69) is 10.6 Å². The Morgan fingerprint density at radius 2 is 1.73 bits per heavy atom. The van der Waals surface area contributed by atoms with Crippen molar-refractivity contribution in [2.24, 2.45) is 0 Å². The van der Waals surface area contributed by atoms with Crippen molar-refractivity contribution in [3.05, 3.63) is 52.5 Å². The number of ether oxygens (including phenoxy) is 1. The summed E-state index contributed by atoms with van der Waals surface area (Å²) in [4.78, 5) is 12.4. The first-order valence-corrected chi connectivity index (χ1v) is 11.6. The molecule has 1 heterocycles. The molecule has 7 nitrogen and oxygen atoms in total. The zero-order valence-corrected chi connectivity index (χ0v) is 18.9. The third-order valence-electron chi connectivity index (χ3n) is 4.55. The number of halogens is 2. The number of carbonyl (C=O) groups is 1. The number of amides is 1. The van der Waals surface area contributed by atoms with Gasteiger partial charge in [0.1, 0.15) is 0 Å². The van der Waals surface area contributed by atoms with Crippen molar-refractivity contribution in [3.8, 4) is 0 Å². The first-order chi connectivity index (χ1) is 14.2. The minimum Gasteiger partial charge on any atom is -0.375 e. The van der Waals surface area contributed by atoms with Gasteiger partial charge in [-0.25, -0.2) is 8.42 Å². The van der Waals surface area contributed by atoms with Gasteiger partial charge < -0.3 is 15.4 Å². The van der Waals surface area contributed by atoms with Gasteiger partial charge in [0, 0.05) is 18.8 Å². The van der Waals surface area contributed by atoms with Gasteiger partial charge in [-0.05, 0) is 50.2 Å². The number of anilines is 2. The Bertz CT molecular complexity index is 1010. The van der Waals surface area contributed by atoms with Crippen molar-refractivity contribution in [2.75, 3.05) is 30.3 Å². The van der Waals surface area contributed by atoms with Crippen LogP contribution in [0.25, 0.3) is 0 Å². The molecular formula is C20H23Cl2N3O4S. The number of benzene rings is 2. The predicted molar refractivity (Wildman–Crippen MR) is 119 cm³/mol. The van der Waals surface area contributed by atoms with Gasteiger partial charge in [0.05, 0.1) is 39.4 Å². The highest BCUT2D eigenvalue weighted by molar-refractivity contribution is 7.89. The number of nitrogens with zero attached hydrogens (tertiary/aromatic N) is 1. The van der Waals surface area contributed by atoms with E-state index in [0.29, 0.717) is 34.5 Å². The molecule has 10 heteroatoms. The fourth-order valence-electron chi connectivity index (χ4n) is 3.21. The summed E-state index contributed by atoms with van der Waals surface area (Å²) in [6.07, 6.45) is -0.329. The van der Waals surface area contributed by atoms with E-state index in [4.69, 9.17) is 27.9 Å². The summed E-state index contributed by atoms with van der Waals surface area (Å²) >= 11 is 12.0. The van der Waals surface area contributed by atoms with E-state index in [1.54, 1.807) is 30.3 Å². The first-order valence-electron chi connectivity index (χ1n) is 9.40. The van der Waals surface area contributed by atoms with Gasteiger partial charge in [0.2, 0.25) is 15.9 Å². The fraction of sp³-hybridized carbons (Fsp3) is 0.350.